The van der Waals surface area contributed by atoms with Crippen LogP contribution in [0.25, 0.3) is 0 Å². The number of ether oxygens (including phenoxy) is 1. The number of rotatable bonds is 5. The molecule has 0 saturated heterocycles. The van der Waals surface area contributed by atoms with Gasteiger partial charge >= 0.3 is 0 Å². The van der Waals surface area contributed by atoms with Crippen molar-refractivity contribution in [2.24, 2.45) is 0 Å². The van der Waals surface area contributed by atoms with Gasteiger partial charge in [-0.2, -0.15) is 0 Å². The summed E-state index contributed by atoms with van der Waals surface area (Å²) in [4.78, 5) is 20.6. The Kier molecular flexibility index (Phi) is 5.16. The van der Waals surface area contributed by atoms with E-state index in [-0.39, 0.29) is 18.0 Å². The van der Waals surface area contributed by atoms with Crippen molar-refractivity contribution in [3.63, 3.8) is 0 Å². The number of hydrogen-bond acceptors (Lipinski definition) is 5. The molecule has 1 aromatic heterocycles. The number of nitrogens with zero attached hydrogens (tertiary/aromatic N) is 2. The molecule has 122 valence electrons. The van der Waals surface area contributed by atoms with E-state index in [1.807, 2.05) is 38.1 Å². The Bertz CT molecular complexity index is 716. The van der Waals surface area contributed by atoms with Gasteiger partial charge in [0.1, 0.15) is 11.9 Å². The van der Waals surface area contributed by atoms with Crippen molar-refractivity contribution in [3.05, 3.63) is 46.8 Å². The van der Waals surface area contributed by atoms with Crippen LogP contribution in [0.1, 0.15) is 46.8 Å². The zero-order chi connectivity index (χ0) is 17.0. The second-order valence-electron chi connectivity index (χ2n) is 5.29. The molecule has 0 radical (unpaired) electrons. The molecular weight excluding hydrogens is 292 g/mol. The van der Waals surface area contributed by atoms with Gasteiger partial charge in [-0.05, 0) is 31.9 Å². The lowest BCUT2D eigenvalue weighted by Crippen LogP contribution is -2.25. The second-order valence-corrected chi connectivity index (χ2v) is 5.29. The molecule has 1 atom stereocenters. The Labute approximate surface area is 136 Å². The van der Waals surface area contributed by atoms with Crippen molar-refractivity contribution >= 4 is 11.9 Å². The molecule has 1 heterocycles. The van der Waals surface area contributed by atoms with Crippen LogP contribution < -0.4 is 15.8 Å². The molecule has 6 heteroatoms. The van der Waals surface area contributed by atoms with Crippen LogP contribution in [0.3, 0.4) is 0 Å². The van der Waals surface area contributed by atoms with Gasteiger partial charge in [0.15, 0.2) is 0 Å². The van der Waals surface area contributed by atoms with Crippen molar-refractivity contribution in [1.29, 1.82) is 0 Å². The topological polar surface area (TPSA) is 90.1 Å². The maximum atomic E-state index is 12.2. The third-order valence-corrected chi connectivity index (χ3v) is 3.63. The Morgan fingerprint density at radius 3 is 2.61 bits per heavy atom. The molecule has 1 amide bonds. The zero-order valence-corrected chi connectivity index (χ0v) is 13.9. The van der Waals surface area contributed by atoms with Gasteiger partial charge in [0.25, 0.3) is 5.91 Å². The van der Waals surface area contributed by atoms with E-state index in [9.17, 15) is 4.79 Å². The summed E-state index contributed by atoms with van der Waals surface area (Å²) < 4.78 is 6.10. The van der Waals surface area contributed by atoms with Gasteiger partial charge < -0.3 is 15.8 Å². The Morgan fingerprint density at radius 1 is 1.30 bits per heavy atom. The molecule has 6 nitrogen and oxygen atoms in total. The third kappa shape index (κ3) is 3.59. The summed E-state index contributed by atoms with van der Waals surface area (Å²) >= 11 is 0. The van der Waals surface area contributed by atoms with Gasteiger partial charge in [-0.15, -0.1) is 0 Å². The van der Waals surface area contributed by atoms with Gasteiger partial charge in [-0.3, -0.25) is 4.79 Å². The van der Waals surface area contributed by atoms with Crippen molar-refractivity contribution in [3.8, 4) is 5.75 Å². The fourth-order valence-electron chi connectivity index (χ4n) is 2.43. The smallest absolute Gasteiger partial charge is 0.254 e. The molecule has 2 aromatic rings. The quantitative estimate of drug-likeness (QED) is 0.885. The lowest BCUT2D eigenvalue weighted by molar-refractivity contribution is 0.0954. The maximum Gasteiger partial charge on any atom is 0.254 e. The van der Waals surface area contributed by atoms with Crippen LogP contribution in [0.4, 0.5) is 5.95 Å². The minimum absolute atomic E-state index is 0.136. The second kappa shape index (κ2) is 7.09. The van der Waals surface area contributed by atoms with Crippen LogP contribution >= 0.6 is 0 Å². The van der Waals surface area contributed by atoms with E-state index in [0.29, 0.717) is 23.4 Å². The third-order valence-electron chi connectivity index (χ3n) is 3.63. The monoisotopic (exact) mass is 314 g/mol. The van der Waals surface area contributed by atoms with Gasteiger partial charge in [0.2, 0.25) is 5.95 Å². The van der Waals surface area contributed by atoms with E-state index in [2.05, 4.69) is 15.3 Å². The molecule has 23 heavy (non-hydrogen) atoms. The predicted molar refractivity (Wildman–Crippen MR) is 89.4 cm³/mol. The fourth-order valence-corrected chi connectivity index (χ4v) is 2.43. The summed E-state index contributed by atoms with van der Waals surface area (Å²) in [5, 5.41) is 2.62. The molecule has 0 aliphatic carbocycles. The summed E-state index contributed by atoms with van der Waals surface area (Å²) in [6.07, 6.45) is 0.265. The number of anilines is 1. The number of aryl methyl sites for hydroxylation is 2. The van der Waals surface area contributed by atoms with E-state index < -0.39 is 0 Å². The summed E-state index contributed by atoms with van der Waals surface area (Å²) in [6, 6.07) is 7.73. The minimum Gasteiger partial charge on any atom is -0.484 e. The summed E-state index contributed by atoms with van der Waals surface area (Å²) in [5.74, 6) is 0.651. The van der Waals surface area contributed by atoms with Crippen molar-refractivity contribution in [2.75, 3.05) is 12.8 Å². The first kappa shape index (κ1) is 16.7. The number of nitrogens with two attached hydrogens (primary N) is 1. The van der Waals surface area contributed by atoms with Crippen LogP contribution in [0, 0.1) is 13.8 Å². The highest BCUT2D eigenvalue weighted by atomic mass is 16.5. The molecule has 0 aliphatic heterocycles. The highest BCUT2D eigenvalue weighted by molar-refractivity contribution is 5.96. The number of nitrogens with one attached hydrogen (secondary N) is 1. The predicted octanol–water partition coefficient (Wildman–Crippen LogP) is 2.57. The molecule has 0 aliphatic rings. The highest BCUT2D eigenvalue weighted by Crippen LogP contribution is 2.29. The average Bonchev–Trinajstić information content (AvgIpc) is 2.52. The molecule has 1 unspecified atom stereocenters. The molecule has 1 aromatic carbocycles. The first-order valence-electron chi connectivity index (χ1n) is 7.56. The molecule has 3 N–H and O–H groups in total. The molecule has 0 bridgehead atoms. The molecule has 0 spiro atoms. The van der Waals surface area contributed by atoms with Crippen molar-refractivity contribution in [2.45, 2.75) is 33.3 Å². The number of hydrogen-bond donors (Lipinski definition) is 2. The van der Waals surface area contributed by atoms with Gasteiger partial charge in [-0.1, -0.05) is 25.1 Å². The summed E-state index contributed by atoms with van der Waals surface area (Å²) in [6.45, 7) is 5.69. The van der Waals surface area contributed by atoms with E-state index in [1.165, 1.54) is 0 Å². The number of benzene rings is 1. The Balaban J connectivity index is 2.49. The lowest BCUT2D eigenvalue weighted by Gasteiger charge is -2.21. The lowest BCUT2D eigenvalue weighted by atomic mass is 10.0. The minimum atomic E-state index is -0.382. The average molecular weight is 314 g/mol. The van der Waals surface area contributed by atoms with Crippen molar-refractivity contribution < 1.29 is 9.53 Å². The van der Waals surface area contributed by atoms with Crippen LogP contribution in [0.5, 0.6) is 5.75 Å². The SMILES string of the molecule is CCC(Oc1ccccc1C)c1nc(N)nc(C)c1C(=O)NC. The number of aromatic nitrogens is 2. The maximum absolute atomic E-state index is 12.2. The normalized spacial score (nSPS) is 11.8. The first-order chi connectivity index (χ1) is 11.0. The number of para-hydroxylation sites is 1. The summed E-state index contributed by atoms with van der Waals surface area (Å²) in [5.41, 5.74) is 8.27. The highest BCUT2D eigenvalue weighted by Gasteiger charge is 2.24. The Morgan fingerprint density at radius 2 is 2.00 bits per heavy atom. The fraction of sp³-hybridized carbons (Fsp3) is 0.353. The number of nitrogen functional groups attached to an aromatic ring is 1. The van der Waals surface area contributed by atoms with Gasteiger partial charge in [0.05, 0.1) is 17.0 Å². The standard InChI is InChI=1S/C17H22N4O2/c1-5-12(23-13-9-7-6-8-10(13)2)15-14(16(22)19-4)11(3)20-17(18)21-15/h6-9,12H,5H2,1-4H3,(H,19,22)(H2,18,20,21). The van der Waals surface area contributed by atoms with Crippen LogP contribution in [-0.4, -0.2) is 22.9 Å². The Hall–Kier alpha value is -2.63. The summed E-state index contributed by atoms with van der Waals surface area (Å²) in [7, 11) is 1.57. The van der Waals surface area contributed by atoms with Crippen molar-refractivity contribution in [1.82, 2.24) is 15.3 Å². The molecule has 0 fully saturated rings. The van der Waals surface area contributed by atoms with E-state index in [1.54, 1.807) is 14.0 Å². The van der Waals surface area contributed by atoms with Gasteiger partial charge in [-0.25, -0.2) is 9.97 Å². The zero-order valence-electron chi connectivity index (χ0n) is 13.9. The van der Waals surface area contributed by atoms with Crippen LogP contribution in [0.2, 0.25) is 0 Å². The molecule has 0 saturated carbocycles. The number of amides is 1. The van der Waals surface area contributed by atoms with Crippen LogP contribution in [0.15, 0.2) is 24.3 Å². The molecular formula is C17H22N4O2. The number of carbonyl (C=O) groups is 1. The number of carbonyl (C=O) groups excluding carboxylic acids is 1. The van der Waals surface area contributed by atoms with E-state index >= 15 is 0 Å². The van der Waals surface area contributed by atoms with E-state index in [0.717, 1.165) is 11.3 Å². The largest absolute Gasteiger partial charge is 0.484 e. The van der Waals surface area contributed by atoms with Gasteiger partial charge in [0, 0.05) is 7.05 Å². The van der Waals surface area contributed by atoms with Crippen LogP contribution in [-0.2, 0) is 0 Å². The first-order valence-corrected chi connectivity index (χ1v) is 7.56. The van der Waals surface area contributed by atoms with E-state index in [4.69, 9.17) is 10.5 Å². The molecule has 2 rings (SSSR count).